The number of nitrogens with one attached hydrogen (secondary N) is 1. The Labute approximate surface area is 188 Å². The topological polar surface area (TPSA) is 35.2 Å². The predicted molar refractivity (Wildman–Crippen MR) is 130 cm³/mol. The molecule has 0 bridgehead atoms. The van der Waals surface area contributed by atoms with Gasteiger partial charge < -0.3 is 9.88 Å². The summed E-state index contributed by atoms with van der Waals surface area (Å²) in [6, 6.07) is 19.7. The minimum atomic E-state index is -0.164. The number of fused-ring (bicyclic) bond motifs is 1. The number of piperazine rings is 1. The smallest absolute Gasteiger partial charge is 0.123 e. The molecule has 1 aliphatic heterocycles. The zero-order valence-corrected chi connectivity index (χ0v) is 18.3. The number of halogens is 1. The molecule has 1 N–H and O–H groups in total. The van der Waals surface area contributed by atoms with E-state index in [0.29, 0.717) is 0 Å². The van der Waals surface area contributed by atoms with Crippen molar-refractivity contribution in [1.29, 1.82) is 0 Å². The molecule has 3 heterocycles. The molecule has 0 amide bonds. The van der Waals surface area contributed by atoms with E-state index in [4.69, 9.17) is 0 Å². The summed E-state index contributed by atoms with van der Waals surface area (Å²) in [4.78, 5) is 12.7. The fourth-order valence-electron chi connectivity index (χ4n) is 4.61. The molecule has 1 saturated heterocycles. The van der Waals surface area contributed by atoms with E-state index in [1.54, 1.807) is 6.07 Å². The van der Waals surface area contributed by atoms with Crippen LogP contribution in [0, 0.1) is 5.82 Å². The van der Waals surface area contributed by atoms with Crippen LogP contribution in [0.1, 0.15) is 18.4 Å². The number of hydrogen-bond donors (Lipinski definition) is 1. The number of aromatic amines is 1. The molecular formula is C27H29FN4. The molecule has 2 aromatic carbocycles. The molecule has 4 aromatic rings. The molecule has 0 spiro atoms. The zero-order valence-electron chi connectivity index (χ0n) is 18.3. The summed E-state index contributed by atoms with van der Waals surface area (Å²) < 4.78 is 13.5. The van der Waals surface area contributed by atoms with Crippen LogP contribution in [0.3, 0.4) is 0 Å². The molecule has 0 saturated carbocycles. The first kappa shape index (κ1) is 20.7. The molecule has 0 atom stereocenters. The Balaban J connectivity index is 1.07. The van der Waals surface area contributed by atoms with E-state index in [2.05, 4.69) is 44.0 Å². The van der Waals surface area contributed by atoms with Crippen LogP contribution < -0.4 is 4.90 Å². The third kappa shape index (κ3) is 4.68. The van der Waals surface area contributed by atoms with E-state index < -0.39 is 0 Å². The molecule has 32 heavy (non-hydrogen) atoms. The number of nitrogens with zero attached hydrogens (tertiary/aromatic N) is 3. The second kappa shape index (κ2) is 9.53. The van der Waals surface area contributed by atoms with Crippen molar-refractivity contribution in [3.05, 3.63) is 84.4 Å². The third-order valence-electron chi connectivity index (χ3n) is 6.47. The molecular weight excluding hydrogens is 399 g/mol. The zero-order chi connectivity index (χ0) is 21.8. The SMILES string of the molecule is Fc1ccc2[nH]cc(CCCCN3CCN(c4ccc(-c5ccccn5)cc4)CC3)c2c1. The molecule has 0 radical (unpaired) electrons. The molecule has 2 aromatic heterocycles. The van der Waals surface area contributed by atoms with Crippen LogP contribution >= 0.6 is 0 Å². The van der Waals surface area contributed by atoms with Crippen LogP contribution in [0.25, 0.3) is 22.2 Å². The Kier molecular flexibility index (Phi) is 6.17. The monoisotopic (exact) mass is 428 g/mol. The fourth-order valence-corrected chi connectivity index (χ4v) is 4.61. The molecule has 164 valence electrons. The minimum Gasteiger partial charge on any atom is -0.369 e. The molecule has 5 rings (SSSR count). The number of pyridine rings is 1. The largest absolute Gasteiger partial charge is 0.369 e. The number of unbranched alkanes of at least 4 members (excludes halogenated alkanes) is 1. The average molecular weight is 429 g/mol. The van der Waals surface area contributed by atoms with E-state index in [1.807, 2.05) is 36.7 Å². The number of benzene rings is 2. The Morgan fingerprint density at radius 3 is 2.53 bits per heavy atom. The number of rotatable bonds is 7. The van der Waals surface area contributed by atoms with Crippen molar-refractivity contribution in [2.45, 2.75) is 19.3 Å². The van der Waals surface area contributed by atoms with Crippen LogP contribution in [0.15, 0.2) is 73.1 Å². The van der Waals surface area contributed by atoms with E-state index in [1.165, 1.54) is 23.7 Å². The molecule has 1 fully saturated rings. The fraction of sp³-hybridized carbons (Fsp3) is 0.296. The summed E-state index contributed by atoms with van der Waals surface area (Å²) in [7, 11) is 0. The number of H-pyrrole nitrogens is 1. The maximum Gasteiger partial charge on any atom is 0.123 e. The molecule has 0 unspecified atom stereocenters. The maximum absolute atomic E-state index is 13.5. The van der Waals surface area contributed by atoms with Crippen molar-refractivity contribution in [1.82, 2.24) is 14.9 Å². The van der Waals surface area contributed by atoms with Gasteiger partial charge in [0.1, 0.15) is 5.82 Å². The van der Waals surface area contributed by atoms with E-state index >= 15 is 0 Å². The van der Waals surface area contributed by atoms with Gasteiger partial charge in [0.05, 0.1) is 5.69 Å². The molecule has 4 nitrogen and oxygen atoms in total. The van der Waals surface area contributed by atoms with Crippen LogP contribution in [-0.2, 0) is 6.42 Å². The number of anilines is 1. The third-order valence-corrected chi connectivity index (χ3v) is 6.47. The summed E-state index contributed by atoms with van der Waals surface area (Å²) in [5, 5.41) is 1.02. The van der Waals surface area contributed by atoms with Crippen LogP contribution in [0.5, 0.6) is 0 Å². The van der Waals surface area contributed by atoms with Crippen molar-refractivity contribution in [3.8, 4) is 11.3 Å². The van der Waals surface area contributed by atoms with Gasteiger partial charge in [-0.2, -0.15) is 0 Å². The highest BCUT2D eigenvalue weighted by molar-refractivity contribution is 5.83. The first-order valence-electron chi connectivity index (χ1n) is 11.5. The predicted octanol–water partition coefficient (Wildman–Crippen LogP) is 5.51. The van der Waals surface area contributed by atoms with E-state index in [0.717, 1.165) is 67.7 Å². The highest BCUT2D eigenvalue weighted by Crippen LogP contribution is 2.23. The first-order chi connectivity index (χ1) is 15.8. The summed E-state index contributed by atoms with van der Waals surface area (Å²) in [6.45, 7) is 5.44. The van der Waals surface area contributed by atoms with Gasteiger partial charge in [-0.15, -0.1) is 0 Å². The van der Waals surface area contributed by atoms with E-state index in [9.17, 15) is 4.39 Å². The lowest BCUT2D eigenvalue weighted by molar-refractivity contribution is 0.253. The summed E-state index contributed by atoms with van der Waals surface area (Å²) in [5.74, 6) is -0.164. The van der Waals surface area contributed by atoms with Gasteiger partial charge in [-0.3, -0.25) is 9.88 Å². The number of hydrogen-bond acceptors (Lipinski definition) is 3. The van der Waals surface area contributed by atoms with Crippen molar-refractivity contribution in [2.24, 2.45) is 0 Å². The van der Waals surface area contributed by atoms with Crippen molar-refractivity contribution in [3.63, 3.8) is 0 Å². The van der Waals surface area contributed by atoms with Crippen LogP contribution in [0.4, 0.5) is 10.1 Å². The number of aryl methyl sites for hydroxylation is 1. The molecule has 1 aliphatic rings. The molecule has 0 aliphatic carbocycles. The minimum absolute atomic E-state index is 0.164. The Morgan fingerprint density at radius 1 is 0.906 bits per heavy atom. The Hall–Kier alpha value is -3.18. The first-order valence-corrected chi connectivity index (χ1v) is 11.5. The normalized spacial score (nSPS) is 14.8. The molecule has 5 heteroatoms. The summed E-state index contributed by atoms with van der Waals surface area (Å²) in [6.07, 6.45) is 7.15. The lowest BCUT2D eigenvalue weighted by Crippen LogP contribution is -2.46. The van der Waals surface area contributed by atoms with Gasteiger partial charge in [-0.05, 0) is 73.8 Å². The average Bonchev–Trinajstić information content (AvgIpc) is 3.25. The van der Waals surface area contributed by atoms with Gasteiger partial charge in [-0.1, -0.05) is 18.2 Å². The van der Waals surface area contributed by atoms with Gasteiger partial charge in [0.2, 0.25) is 0 Å². The van der Waals surface area contributed by atoms with Crippen LogP contribution in [-0.4, -0.2) is 47.6 Å². The van der Waals surface area contributed by atoms with Crippen molar-refractivity contribution < 1.29 is 4.39 Å². The van der Waals surface area contributed by atoms with Gasteiger partial charge >= 0.3 is 0 Å². The quantitative estimate of drug-likeness (QED) is 0.394. The Bertz CT molecular complexity index is 1150. The van der Waals surface area contributed by atoms with Crippen molar-refractivity contribution in [2.75, 3.05) is 37.6 Å². The highest BCUT2D eigenvalue weighted by Gasteiger charge is 2.17. The van der Waals surface area contributed by atoms with Crippen LogP contribution in [0.2, 0.25) is 0 Å². The summed E-state index contributed by atoms with van der Waals surface area (Å²) in [5.41, 5.74) is 5.70. The van der Waals surface area contributed by atoms with Gasteiger partial charge in [0.25, 0.3) is 0 Å². The van der Waals surface area contributed by atoms with Gasteiger partial charge in [-0.25, -0.2) is 4.39 Å². The standard InChI is InChI=1S/C27H29FN4/c28-23-9-12-27-25(19-23)22(20-30-27)5-2-4-14-31-15-17-32(18-16-31)24-10-7-21(8-11-24)26-6-1-3-13-29-26/h1,3,6-13,19-20,30H,2,4-5,14-18H2. The maximum atomic E-state index is 13.5. The van der Waals surface area contributed by atoms with Crippen molar-refractivity contribution >= 4 is 16.6 Å². The lowest BCUT2D eigenvalue weighted by Gasteiger charge is -2.36. The second-order valence-corrected chi connectivity index (χ2v) is 8.55. The lowest BCUT2D eigenvalue weighted by atomic mass is 10.1. The number of aromatic nitrogens is 2. The Morgan fingerprint density at radius 2 is 1.75 bits per heavy atom. The van der Waals surface area contributed by atoms with E-state index in [-0.39, 0.29) is 5.82 Å². The van der Waals surface area contributed by atoms with Gasteiger partial charge in [0, 0.05) is 60.7 Å². The summed E-state index contributed by atoms with van der Waals surface area (Å²) >= 11 is 0. The second-order valence-electron chi connectivity index (χ2n) is 8.55. The highest BCUT2D eigenvalue weighted by atomic mass is 19.1. The van der Waals surface area contributed by atoms with Gasteiger partial charge in [0.15, 0.2) is 0 Å².